The molecule has 0 aliphatic carbocycles. The first-order valence-electron chi connectivity index (χ1n) is 7.74. The molecular weight excluding hydrogens is 342 g/mol. The van der Waals surface area contributed by atoms with Crippen molar-refractivity contribution in [2.24, 2.45) is 7.05 Å². The van der Waals surface area contributed by atoms with Gasteiger partial charge >= 0.3 is 0 Å². The number of hydrogen-bond acceptors (Lipinski definition) is 5. The molecule has 1 aromatic heterocycles. The van der Waals surface area contributed by atoms with Gasteiger partial charge in [-0.15, -0.1) is 0 Å². The second kappa shape index (κ2) is 6.87. The molecule has 1 heterocycles. The molecule has 0 aliphatic rings. The van der Waals surface area contributed by atoms with Crippen LogP contribution < -0.4 is 10.1 Å². The lowest BCUT2D eigenvalue weighted by Gasteiger charge is -2.13. The average molecular weight is 365 g/mol. The number of carbonyl (C=O) groups is 1. The summed E-state index contributed by atoms with van der Waals surface area (Å²) in [6, 6.07) is 7.86. The first-order valence-corrected chi connectivity index (χ1v) is 9.63. The van der Waals surface area contributed by atoms with Crippen molar-refractivity contribution in [1.82, 2.24) is 9.78 Å². The van der Waals surface area contributed by atoms with E-state index >= 15 is 0 Å². The van der Waals surface area contributed by atoms with Crippen LogP contribution in [0, 0.1) is 0 Å². The van der Waals surface area contributed by atoms with Gasteiger partial charge in [-0.05, 0) is 18.2 Å². The summed E-state index contributed by atoms with van der Waals surface area (Å²) in [6.45, 7) is 5.89. The Kier molecular flexibility index (Phi) is 5.22. The van der Waals surface area contributed by atoms with Crippen LogP contribution >= 0.6 is 0 Å². The van der Waals surface area contributed by atoms with E-state index in [1.807, 2.05) is 26.8 Å². The summed E-state index contributed by atoms with van der Waals surface area (Å²) in [6.07, 6.45) is 1.12. The van der Waals surface area contributed by atoms with Crippen LogP contribution in [0.2, 0.25) is 0 Å². The highest BCUT2D eigenvalue weighted by atomic mass is 32.2. The maximum atomic E-state index is 12.1. The number of nitrogens with one attached hydrogen (secondary N) is 1. The minimum Gasteiger partial charge on any atom is -0.484 e. The van der Waals surface area contributed by atoms with E-state index < -0.39 is 9.84 Å². The fourth-order valence-corrected chi connectivity index (χ4v) is 2.73. The van der Waals surface area contributed by atoms with Gasteiger partial charge in [0.1, 0.15) is 11.6 Å². The van der Waals surface area contributed by atoms with Crippen LogP contribution in [0.4, 0.5) is 5.82 Å². The van der Waals surface area contributed by atoms with E-state index in [9.17, 15) is 13.2 Å². The minimum atomic E-state index is -3.32. The lowest BCUT2D eigenvalue weighted by molar-refractivity contribution is -0.118. The van der Waals surface area contributed by atoms with Gasteiger partial charge < -0.3 is 10.1 Å². The van der Waals surface area contributed by atoms with Crippen LogP contribution in [-0.4, -0.2) is 37.0 Å². The third-order valence-corrected chi connectivity index (χ3v) is 4.63. The van der Waals surface area contributed by atoms with Crippen LogP contribution in [-0.2, 0) is 27.1 Å². The molecular formula is C17H23N3O4S. The van der Waals surface area contributed by atoms with Crippen molar-refractivity contribution in [2.45, 2.75) is 31.1 Å². The third kappa shape index (κ3) is 5.06. The molecule has 136 valence electrons. The van der Waals surface area contributed by atoms with Crippen molar-refractivity contribution < 1.29 is 17.9 Å². The Morgan fingerprint density at radius 2 is 1.96 bits per heavy atom. The summed E-state index contributed by atoms with van der Waals surface area (Å²) >= 11 is 0. The SMILES string of the molecule is Cn1nc(C(C)(C)C)cc1NC(=O)COc1cccc(S(C)(=O)=O)c1. The highest BCUT2D eigenvalue weighted by Crippen LogP contribution is 2.23. The van der Waals surface area contributed by atoms with Crippen LogP contribution in [0.1, 0.15) is 26.5 Å². The predicted molar refractivity (Wildman–Crippen MR) is 95.6 cm³/mol. The molecule has 7 nitrogen and oxygen atoms in total. The Morgan fingerprint density at radius 3 is 2.52 bits per heavy atom. The zero-order chi connectivity index (χ0) is 18.8. The van der Waals surface area contributed by atoms with Gasteiger partial charge in [0.25, 0.3) is 5.91 Å². The van der Waals surface area contributed by atoms with Gasteiger partial charge in [-0.3, -0.25) is 9.48 Å². The topological polar surface area (TPSA) is 90.3 Å². The Bertz CT molecular complexity index is 880. The number of rotatable bonds is 5. The maximum absolute atomic E-state index is 12.1. The minimum absolute atomic E-state index is 0.122. The van der Waals surface area contributed by atoms with E-state index in [0.29, 0.717) is 11.6 Å². The molecule has 0 saturated heterocycles. The first-order chi connectivity index (χ1) is 11.5. The Hall–Kier alpha value is -2.35. The summed E-state index contributed by atoms with van der Waals surface area (Å²) in [4.78, 5) is 12.2. The van der Waals surface area contributed by atoms with E-state index in [2.05, 4.69) is 10.4 Å². The van der Waals surface area contributed by atoms with Gasteiger partial charge in [0.15, 0.2) is 16.4 Å². The molecule has 8 heteroatoms. The van der Waals surface area contributed by atoms with Crippen molar-refractivity contribution in [3.8, 4) is 5.75 Å². The number of carbonyl (C=O) groups excluding carboxylic acids is 1. The zero-order valence-electron chi connectivity index (χ0n) is 15.0. The molecule has 0 aliphatic heterocycles. The normalized spacial score (nSPS) is 12.0. The molecule has 2 rings (SSSR count). The van der Waals surface area contributed by atoms with Crippen LogP contribution in [0.5, 0.6) is 5.75 Å². The highest BCUT2D eigenvalue weighted by molar-refractivity contribution is 7.90. The van der Waals surface area contributed by atoms with Crippen molar-refractivity contribution in [3.05, 3.63) is 36.0 Å². The number of sulfone groups is 1. The number of hydrogen-bond donors (Lipinski definition) is 1. The Balaban J connectivity index is 2.01. The van der Waals surface area contributed by atoms with Crippen LogP contribution in [0.25, 0.3) is 0 Å². The highest BCUT2D eigenvalue weighted by Gasteiger charge is 2.19. The third-order valence-electron chi connectivity index (χ3n) is 3.52. The maximum Gasteiger partial charge on any atom is 0.263 e. The van der Waals surface area contributed by atoms with Gasteiger partial charge in [-0.2, -0.15) is 5.10 Å². The molecule has 0 spiro atoms. The molecule has 0 bridgehead atoms. The van der Waals surface area contributed by atoms with Crippen molar-refractivity contribution in [1.29, 1.82) is 0 Å². The number of aryl methyl sites for hydroxylation is 1. The van der Waals surface area contributed by atoms with E-state index in [-0.39, 0.29) is 22.8 Å². The van der Waals surface area contributed by atoms with Gasteiger partial charge in [-0.25, -0.2) is 8.42 Å². The monoisotopic (exact) mass is 365 g/mol. The molecule has 0 saturated carbocycles. The van der Waals surface area contributed by atoms with Gasteiger partial charge in [0.2, 0.25) is 0 Å². The quantitative estimate of drug-likeness (QED) is 0.877. The summed E-state index contributed by atoms with van der Waals surface area (Å²) < 4.78 is 30.1. The van der Waals surface area contributed by atoms with Crippen molar-refractivity contribution >= 4 is 21.6 Å². The number of aromatic nitrogens is 2. The molecule has 25 heavy (non-hydrogen) atoms. The molecule has 1 aromatic carbocycles. The number of amides is 1. The van der Waals surface area contributed by atoms with E-state index in [1.165, 1.54) is 12.1 Å². The number of ether oxygens (including phenoxy) is 1. The lowest BCUT2D eigenvalue weighted by Crippen LogP contribution is -2.21. The molecule has 0 atom stereocenters. The van der Waals surface area contributed by atoms with E-state index in [4.69, 9.17) is 4.74 Å². The zero-order valence-corrected chi connectivity index (χ0v) is 15.8. The molecule has 0 fully saturated rings. The largest absolute Gasteiger partial charge is 0.484 e. The molecule has 2 aromatic rings. The lowest BCUT2D eigenvalue weighted by atomic mass is 9.92. The van der Waals surface area contributed by atoms with Gasteiger partial charge in [-0.1, -0.05) is 26.8 Å². The fraction of sp³-hybridized carbons (Fsp3) is 0.412. The van der Waals surface area contributed by atoms with Gasteiger partial charge in [0, 0.05) is 24.8 Å². The molecule has 1 N–H and O–H groups in total. The number of anilines is 1. The van der Waals surface area contributed by atoms with E-state index in [0.717, 1.165) is 11.9 Å². The van der Waals surface area contributed by atoms with Crippen LogP contribution in [0.3, 0.4) is 0 Å². The smallest absolute Gasteiger partial charge is 0.263 e. The molecule has 0 unspecified atom stereocenters. The van der Waals surface area contributed by atoms with Crippen molar-refractivity contribution in [2.75, 3.05) is 18.2 Å². The first kappa shape index (κ1) is 19.0. The average Bonchev–Trinajstić information content (AvgIpc) is 2.86. The Labute approximate surface area is 147 Å². The predicted octanol–water partition coefficient (Wildman–Crippen LogP) is 2.14. The number of benzene rings is 1. The Morgan fingerprint density at radius 1 is 1.28 bits per heavy atom. The summed E-state index contributed by atoms with van der Waals surface area (Å²) in [5, 5.41) is 7.12. The molecule has 0 radical (unpaired) electrons. The van der Waals surface area contributed by atoms with E-state index in [1.54, 1.807) is 23.9 Å². The standard InChI is InChI=1S/C17H23N3O4S/c1-17(2,3)14-10-15(20(4)19-14)18-16(21)11-24-12-7-6-8-13(9-12)25(5,22)23/h6-10H,11H2,1-5H3,(H,18,21). The second-order valence-electron chi connectivity index (χ2n) is 6.87. The number of nitrogens with zero attached hydrogens (tertiary/aromatic N) is 2. The fourth-order valence-electron chi connectivity index (χ4n) is 2.07. The second-order valence-corrected chi connectivity index (χ2v) is 8.89. The summed E-state index contributed by atoms with van der Waals surface area (Å²) in [5.74, 6) is 0.537. The van der Waals surface area contributed by atoms with Crippen LogP contribution in [0.15, 0.2) is 35.2 Å². The summed E-state index contributed by atoms with van der Waals surface area (Å²) in [5.41, 5.74) is 0.746. The van der Waals surface area contributed by atoms with Gasteiger partial charge in [0.05, 0.1) is 10.6 Å². The molecule has 1 amide bonds. The summed E-state index contributed by atoms with van der Waals surface area (Å²) in [7, 11) is -1.57. The van der Waals surface area contributed by atoms with Crippen molar-refractivity contribution in [3.63, 3.8) is 0 Å².